The van der Waals surface area contributed by atoms with Gasteiger partial charge < -0.3 is 20.5 Å². The van der Waals surface area contributed by atoms with Crippen LogP contribution in [0.2, 0.25) is 0 Å². The average Bonchev–Trinajstić information content (AvgIpc) is 3.56. The van der Waals surface area contributed by atoms with Gasteiger partial charge in [-0.2, -0.15) is 0 Å². The first kappa shape index (κ1) is 23.8. The first-order valence-corrected chi connectivity index (χ1v) is 12.0. The van der Waals surface area contributed by atoms with Crippen LogP contribution in [0.25, 0.3) is 11.1 Å². The second-order valence-electron chi connectivity index (χ2n) is 9.37. The molecule has 2 amide bonds. The van der Waals surface area contributed by atoms with Crippen LogP contribution in [0.15, 0.2) is 48.5 Å². The SMILES string of the molecule is CCCCC(CC(=O)O)NC(=O)C1(CNC(=O)OCC2c3ccccc3-c3ccccc32)CC1. The molecule has 0 aliphatic heterocycles. The van der Waals surface area contributed by atoms with Crippen molar-refractivity contribution in [2.75, 3.05) is 13.2 Å². The number of unbranched alkanes of at least 4 members (excludes halogenated alkanes) is 1. The van der Waals surface area contributed by atoms with Crippen molar-refractivity contribution < 1.29 is 24.2 Å². The summed E-state index contributed by atoms with van der Waals surface area (Å²) in [4.78, 5) is 36.5. The molecule has 0 radical (unpaired) electrons. The van der Waals surface area contributed by atoms with E-state index in [1.807, 2.05) is 31.2 Å². The lowest BCUT2D eigenvalue weighted by Crippen LogP contribution is -2.45. The topological polar surface area (TPSA) is 105 Å². The van der Waals surface area contributed by atoms with E-state index in [4.69, 9.17) is 9.84 Å². The van der Waals surface area contributed by atoms with Crippen LogP contribution in [0.4, 0.5) is 4.79 Å². The van der Waals surface area contributed by atoms with E-state index in [0.717, 1.165) is 24.0 Å². The van der Waals surface area contributed by atoms with Gasteiger partial charge in [-0.1, -0.05) is 68.3 Å². The number of carbonyl (C=O) groups excluding carboxylic acids is 2. The fourth-order valence-electron chi connectivity index (χ4n) is 4.75. The minimum atomic E-state index is -0.928. The molecule has 7 nitrogen and oxygen atoms in total. The molecule has 2 aliphatic carbocycles. The van der Waals surface area contributed by atoms with Crippen LogP contribution in [0.5, 0.6) is 0 Å². The molecule has 7 heteroatoms. The van der Waals surface area contributed by atoms with E-state index in [1.54, 1.807) is 0 Å². The van der Waals surface area contributed by atoms with Crippen molar-refractivity contribution in [2.24, 2.45) is 5.41 Å². The van der Waals surface area contributed by atoms with E-state index in [-0.39, 0.29) is 31.4 Å². The van der Waals surface area contributed by atoms with Crippen LogP contribution in [0, 0.1) is 5.41 Å². The summed E-state index contributed by atoms with van der Waals surface area (Å²) in [6.07, 6.45) is 3.09. The summed E-state index contributed by atoms with van der Waals surface area (Å²) < 4.78 is 5.57. The number of benzene rings is 2. The lowest BCUT2D eigenvalue weighted by Gasteiger charge is -2.22. The van der Waals surface area contributed by atoms with Gasteiger partial charge in [0.05, 0.1) is 11.8 Å². The Kier molecular flexibility index (Phi) is 7.20. The first-order valence-electron chi connectivity index (χ1n) is 12.0. The molecule has 0 bridgehead atoms. The third-order valence-corrected chi connectivity index (χ3v) is 6.91. The van der Waals surface area contributed by atoms with Gasteiger partial charge in [-0.3, -0.25) is 9.59 Å². The van der Waals surface area contributed by atoms with Gasteiger partial charge >= 0.3 is 12.1 Å². The molecule has 4 rings (SSSR count). The number of carboxylic acid groups (broad SMARTS) is 1. The monoisotopic (exact) mass is 464 g/mol. The second kappa shape index (κ2) is 10.3. The Hall–Kier alpha value is -3.35. The van der Waals surface area contributed by atoms with Crippen molar-refractivity contribution in [1.29, 1.82) is 0 Å². The minimum absolute atomic E-state index is 0.0216. The van der Waals surface area contributed by atoms with Crippen molar-refractivity contribution in [1.82, 2.24) is 10.6 Å². The summed E-state index contributed by atoms with van der Waals surface area (Å²) in [5, 5.41) is 14.8. The van der Waals surface area contributed by atoms with Crippen molar-refractivity contribution in [3.63, 3.8) is 0 Å². The maximum Gasteiger partial charge on any atom is 0.407 e. The molecule has 0 heterocycles. The van der Waals surface area contributed by atoms with Gasteiger partial charge in [0, 0.05) is 18.5 Å². The molecule has 1 fully saturated rings. The summed E-state index contributed by atoms with van der Waals surface area (Å²) in [6.45, 7) is 2.43. The third kappa shape index (κ3) is 5.24. The van der Waals surface area contributed by atoms with Gasteiger partial charge in [-0.05, 0) is 41.5 Å². The fraction of sp³-hybridized carbons (Fsp3) is 0.444. The highest BCUT2D eigenvalue weighted by molar-refractivity contribution is 5.87. The lowest BCUT2D eigenvalue weighted by molar-refractivity contribution is -0.138. The van der Waals surface area contributed by atoms with E-state index >= 15 is 0 Å². The summed E-state index contributed by atoms with van der Waals surface area (Å²) in [5.74, 6) is -1.14. The standard InChI is InChI=1S/C27H32N2O5/c1-2-3-8-18(15-24(30)31)29-25(32)27(13-14-27)17-28-26(33)34-16-23-21-11-6-4-9-19(21)20-10-5-7-12-22(20)23/h4-7,9-12,18,23H,2-3,8,13-17H2,1H3,(H,28,33)(H,29,32)(H,30,31). The zero-order chi connectivity index (χ0) is 24.1. The predicted molar refractivity (Wildman–Crippen MR) is 128 cm³/mol. The van der Waals surface area contributed by atoms with Gasteiger partial charge in [0.15, 0.2) is 0 Å². The van der Waals surface area contributed by atoms with E-state index in [1.165, 1.54) is 11.1 Å². The highest BCUT2D eigenvalue weighted by Gasteiger charge is 2.50. The van der Waals surface area contributed by atoms with Crippen LogP contribution in [-0.4, -0.2) is 42.3 Å². The van der Waals surface area contributed by atoms with Gasteiger partial charge in [-0.15, -0.1) is 0 Å². The van der Waals surface area contributed by atoms with Crippen molar-refractivity contribution in [2.45, 2.75) is 57.4 Å². The van der Waals surface area contributed by atoms with Gasteiger partial charge in [0.25, 0.3) is 0 Å². The number of alkyl carbamates (subject to hydrolysis) is 1. The number of aliphatic carboxylic acids is 1. The van der Waals surface area contributed by atoms with Crippen LogP contribution in [0.3, 0.4) is 0 Å². The molecular formula is C27H32N2O5. The fourth-order valence-corrected chi connectivity index (χ4v) is 4.75. The summed E-state index contributed by atoms with van der Waals surface area (Å²) in [5.41, 5.74) is 3.95. The predicted octanol–water partition coefficient (Wildman–Crippen LogP) is 4.46. The molecule has 2 aromatic carbocycles. The normalized spacial score (nSPS) is 16.1. The molecule has 1 atom stereocenters. The molecule has 0 saturated heterocycles. The highest BCUT2D eigenvalue weighted by Crippen LogP contribution is 2.46. The van der Waals surface area contributed by atoms with E-state index < -0.39 is 23.5 Å². The molecule has 2 aliphatic rings. The molecule has 180 valence electrons. The number of nitrogens with one attached hydrogen (secondary N) is 2. The molecule has 2 aromatic rings. The van der Waals surface area contributed by atoms with Crippen LogP contribution < -0.4 is 10.6 Å². The average molecular weight is 465 g/mol. The molecule has 1 unspecified atom stereocenters. The Balaban J connectivity index is 1.30. The Labute approximate surface area is 199 Å². The molecule has 0 spiro atoms. The second-order valence-corrected chi connectivity index (χ2v) is 9.37. The molecule has 34 heavy (non-hydrogen) atoms. The molecule has 1 saturated carbocycles. The quantitative estimate of drug-likeness (QED) is 0.456. The van der Waals surface area contributed by atoms with Crippen LogP contribution in [0.1, 0.15) is 62.5 Å². The van der Waals surface area contributed by atoms with Crippen molar-refractivity contribution in [3.8, 4) is 11.1 Å². The van der Waals surface area contributed by atoms with Gasteiger partial charge in [0.1, 0.15) is 6.61 Å². The molecule has 3 N–H and O–H groups in total. The zero-order valence-corrected chi connectivity index (χ0v) is 19.5. The van der Waals surface area contributed by atoms with E-state index in [9.17, 15) is 14.4 Å². The van der Waals surface area contributed by atoms with Crippen LogP contribution in [-0.2, 0) is 14.3 Å². The maximum absolute atomic E-state index is 12.8. The smallest absolute Gasteiger partial charge is 0.407 e. The summed E-state index contributed by atoms with van der Waals surface area (Å²) >= 11 is 0. The Bertz CT molecular complexity index is 1020. The number of rotatable bonds is 11. The summed E-state index contributed by atoms with van der Waals surface area (Å²) in [6, 6.07) is 15.9. The number of carboxylic acids is 1. The lowest BCUT2D eigenvalue weighted by atomic mass is 9.98. The Morgan fingerprint density at radius 3 is 2.24 bits per heavy atom. The number of amides is 2. The minimum Gasteiger partial charge on any atom is -0.481 e. The Morgan fingerprint density at radius 1 is 1.06 bits per heavy atom. The van der Waals surface area contributed by atoms with Crippen LogP contribution >= 0.6 is 0 Å². The molecular weight excluding hydrogens is 432 g/mol. The first-order chi connectivity index (χ1) is 16.4. The van der Waals surface area contributed by atoms with Crippen molar-refractivity contribution in [3.05, 3.63) is 59.7 Å². The zero-order valence-electron chi connectivity index (χ0n) is 19.5. The van der Waals surface area contributed by atoms with Crippen molar-refractivity contribution >= 4 is 18.0 Å². The number of fused-ring (bicyclic) bond motifs is 3. The number of hydrogen-bond acceptors (Lipinski definition) is 4. The number of hydrogen-bond donors (Lipinski definition) is 3. The third-order valence-electron chi connectivity index (χ3n) is 6.91. The summed E-state index contributed by atoms with van der Waals surface area (Å²) in [7, 11) is 0. The highest BCUT2D eigenvalue weighted by atomic mass is 16.5. The molecule has 0 aromatic heterocycles. The Morgan fingerprint density at radius 2 is 1.68 bits per heavy atom. The van der Waals surface area contributed by atoms with Gasteiger partial charge in [-0.25, -0.2) is 4.79 Å². The van der Waals surface area contributed by atoms with E-state index in [2.05, 4.69) is 34.9 Å². The maximum atomic E-state index is 12.8. The number of carbonyl (C=O) groups is 3. The number of ether oxygens (including phenoxy) is 1. The van der Waals surface area contributed by atoms with Gasteiger partial charge in [0.2, 0.25) is 5.91 Å². The largest absolute Gasteiger partial charge is 0.481 e. The van der Waals surface area contributed by atoms with E-state index in [0.29, 0.717) is 19.3 Å².